The Kier molecular flexibility index (Phi) is 7.95. The number of carbonyl (C=O) groups is 1. The van der Waals surface area contributed by atoms with Gasteiger partial charge in [0.2, 0.25) is 0 Å². The zero-order valence-electron chi connectivity index (χ0n) is 15.2. The van der Waals surface area contributed by atoms with E-state index in [-0.39, 0.29) is 23.7 Å². The monoisotopic (exact) mass is 338 g/mol. The van der Waals surface area contributed by atoms with E-state index in [4.69, 9.17) is 14.2 Å². The number of methoxy groups -OCH3 is 2. The van der Waals surface area contributed by atoms with Gasteiger partial charge in [-0.15, -0.1) is 0 Å². The van der Waals surface area contributed by atoms with E-state index in [0.717, 1.165) is 0 Å². The molecule has 0 unspecified atom stereocenters. The van der Waals surface area contributed by atoms with Gasteiger partial charge in [-0.3, -0.25) is 4.79 Å². The largest absolute Gasteiger partial charge is 0.466 e. The van der Waals surface area contributed by atoms with E-state index >= 15 is 0 Å². The molecule has 0 aliphatic rings. The van der Waals surface area contributed by atoms with Gasteiger partial charge in [0, 0.05) is 14.2 Å². The molecule has 0 aliphatic heterocycles. The zero-order valence-corrected chi connectivity index (χ0v) is 16.2. The Morgan fingerprint density at radius 2 is 1.70 bits per heavy atom. The molecule has 0 radical (unpaired) electrons. The van der Waals surface area contributed by atoms with Crippen molar-refractivity contribution in [2.24, 2.45) is 5.92 Å². The summed E-state index contributed by atoms with van der Waals surface area (Å²) in [4.78, 5) is 12.3. The lowest BCUT2D eigenvalue weighted by Gasteiger charge is -2.37. The summed E-state index contributed by atoms with van der Waals surface area (Å²) in [6, 6.07) is 10.4. The number of hydrogen-bond donors (Lipinski definition) is 0. The standard InChI is InChI=1S/C18H30O4Si/c1-7-22-18(19)14(2)16(13-17(20-3)21-4)23(5,6)15-11-9-8-10-12-15/h8-12,14,16-17H,7,13H2,1-6H3/t14-,16+/m1/s1. The van der Waals surface area contributed by atoms with Crippen molar-refractivity contribution >= 4 is 19.2 Å². The predicted molar refractivity (Wildman–Crippen MR) is 95.5 cm³/mol. The smallest absolute Gasteiger partial charge is 0.308 e. The van der Waals surface area contributed by atoms with Crippen molar-refractivity contribution < 1.29 is 19.0 Å². The first-order valence-electron chi connectivity index (χ1n) is 8.16. The molecule has 0 saturated carbocycles. The number of carbonyl (C=O) groups excluding carboxylic acids is 1. The second-order valence-corrected chi connectivity index (χ2v) is 11.1. The minimum atomic E-state index is -1.92. The molecule has 0 N–H and O–H groups in total. The van der Waals surface area contributed by atoms with Gasteiger partial charge in [-0.1, -0.05) is 55.5 Å². The van der Waals surface area contributed by atoms with Crippen LogP contribution in [0.4, 0.5) is 0 Å². The highest BCUT2D eigenvalue weighted by Crippen LogP contribution is 2.36. The van der Waals surface area contributed by atoms with E-state index in [9.17, 15) is 4.79 Å². The van der Waals surface area contributed by atoms with E-state index in [2.05, 4.69) is 37.4 Å². The Hall–Kier alpha value is -1.17. The topological polar surface area (TPSA) is 44.8 Å². The predicted octanol–water partition coefficient (Wildman–Crippen LogP) is 3.18. The quantitative estimate of drug-likeness (QED) is 0.394. The molecule has 0 amide bonds. The first-order valence-corrected chi connectivity index (χ1v) is 11.2. The molecule has 1 aromatic carbocycles. The van der Waals surface area contributed by atoms with Gasteiger partial charge in [0.25, 0.3) is 0 Å². The van der Waals surface area contributed by atoms with Crippen LogP contribution in [0.1, 0.15) is 20.3 Å². The first kappa shape index (κ1) is 19.9. The zero-order chi connectivity index (χ0) is 17.5. The third-order valence-corrected chi connectivity index (χ3v) is 9.09. The van der Waals surface area contributed by atoms with Crippen LogP contribution in [0.2, 0.25) is 18.6 Å². The van der Waals surface area contributed by atoms with Crippen molar-refractivity contribution in [3.05, 3.63) is 30.3 Å². The maximum atomic E-state index is 12.3. The van der Waals surface area contributed by atoms with Gasteiger partial charge >= 0.3 is 5.97 Å². The molecule has 0 heterocycles. The number of ether oxygens (including phenoxy) is 3. The lowest BCUT2D eigenvalue weighted by molar-refractivity contribution is -0.149. The molecule has 2 atom stereocenters. The fourth-order valence-electron chi connectivity index (χ4n) is 3.14. The number of benzene rings is 1. The maximum absolute atomic E-state index is 12.3. The molecule has 1 rings (SSSR count). The van der Waals surface area contributed by atoms with Gasteiger partial charge < -0.3 is 14.2 Å². The molecule has 23 heavy (non-hydrogen) atoms. The van der Waals surface area contributed by atoms with Gasteiger partial charge in [0.05, 0.1) is 20.6 Å². The summed E-state index contributed by atoms with van der Waals surface area (Å²) in [7, 11) is 1.35. The third-order valence-electron chi connectivity index (χ3n) is 4.68. The third kappa shape index (κ3) is 5.16. The van der Waals surface area contributed by atoms with E-state index in [1.54, 1.807) is 14.2 Å². The minimum Gasteiger partial charge on any atom is -0.466 e. The molecule has 0 spiro atoms. The summed E-state index contributed by atoms with van der Waals surface area (Å²) < 4.78 is 16.1. The number of hydrogen-bond acceptors (Lipinski definition) is 4. The van der Waals surface area contributed by atoms with Gasteiger partial charge in [-0.05, 0) is 18.9 Å². The van der Waals surface area contributed by atoms with E-state index in [1.165, 1.54) is 5.19 Å². The van der Waals surface area contributed by atoms with Crippen LogP contribution in [-0.2, 0) is 19.0 Å². The summed E-state index contributed by atoms with van der Waals surface area (Å²) in [5, 5.41) is 1.33. The van der Waals surface area contributed by atoms with Gasteiger partial charge in [-0.25, -0.2) is 0 Å². The second kappa shape index (κ2) is 9.20. The molecule has 0 aromatic heterocycles. The summed E-state index contributed by atoms with van der Waals surface area (Å²) in [5.41, 5.74) is 0.161. The van der Waals surface area contributed by atoms with Crippen molar-refractivity contribution in [2.45, 2.75) is 45.2 Å². The van der Waals surface area contributed by atoms with Crippen LogP contribution in [0.25, 0.3) is 0 Å². The molecule has 1 aromatic rings. The molecule has 0 bridgehead atoms. The van der Waals surface area contributed by atoms with Gasteiger partial charge in [0.15, 0.2) is 6.29 Å². The average molecular weight is 339 g/mol. The van der Waals surface area contributed by atoms with Crippen molar-refractivity contribution in [2.75, 3.05) is 20.8 Å². The van der Waals surface area contributed by atoms with Crippen LogP contribution in [-0.4, -0.2) is 41.2 Å². The molecule has 5 heteroatoms. The van der Waals surface area contributed by atoms with Crippen LogP contribution in [0, 0.1) is 5.92 Å². The lowest BCUT2D eigenvalue weighted by Crippen LogP contribution is -2.50. The van der Waals surface area contributed by atoms with E-state index in [0.29, 0.717) is 13.0 Å². The number of rotatable bonds is 9. The van der Waals surface area contributed by atoms with Crippen LogP contribution >= 0.6 is 0 Å². The molecule has 0 fully saturated rings. The van der Waals surface area contributed by atoms with Crippen molar-refractivity contribution in [3.8, 4) is 0 Å². The first-order chi connectivity index (χ1) is 10.9. The highest BCUT2D eigenvalue weighted by atomic mass is 28.3. The van der Waals surface area contributed by atoms with Crippen LogP contribution in [0.3, 0.4) is 0 Å². The Balaban J connectivity index is 3.13. The van der Waals surface area contributed by atoms with Gasteiger partial charge in [0.1, 0.15) is 0 Å². The Labute approximate surface area is 141 Å². The van der Waals surface area contributed by atoms with E-state index in [1.807, 2.05) is 19.9 Å². The average Bonchev–Trinajstić information content (AvgIpc) is 2.56. The van der Waals surface area contributed by atoms with Crippen molar-refractivity contribution in [1.82, 2.24) is 0 Å². The Morgan fingerprint density at radius 3 is 2.17 bits per heavy atom. The number of esters is 1. The normalized spacial score (nSPS) is 14.6. The lowest BCUT2D eigenvalue weighted by atomic mass is 10.0. The van der Waals surface area contributed by atoms with Crippen molar-refractivity contribution in [1.29, 1.82) is 0 Å². The Bertz CT molecular complexity index is 471. The van der Waals surface area contributed by atoms with Crippen LogP contribution in [0.15, 0.2) is 30.3 Å². The minimum absolute atomic E-state index is 0.139. The summed E-state index contributed by atoms with van der Waals surface area (Å²) in [6.07, 6.45) is 0.369. The van der Waals surface area contributed by atoms with Gasteiger partial charge in [-0.2, -0.15) is 0 Å². The molecule has 0 aliphatic carbocycles. The SMILES string of the molecule is CCOC(=O)[C@H](C)[C@H](CC(OC)OC)[Si](C)(C)c1ccccc1. The van der Waals surface area contributed by atoms with E-state index < -0.39 is 8.07 Å². The molecule has 4 nitrogen and oxygen atoms in total. The maximum Gasteiger partial charge on any atom is 0.308 e. The highest BCUT2D eigenvalue weighted by Gasteiger charge is 2.41. The van der Waals surface area contributed by atoms with Crippen LogP contribution < -0.4 is 5.19 Å². The second-order valence-electron chi connectivity index (χ2n) is 6.37. The summed E-state index contributed by atoms with van der Waals surface area (Å²) >= 11 is 0. The fraction of sp³-hybridized carbons (Fsp3) is 0.611. The molecular formula is C18H30O4Si. The van der Waals surface area contributed by atoms with Crippen molar-refractivity contribution in [3.63, 3.8) is 0 Å². The highest BCUT2D eigenvalue weighted by molar-refractivity contribution is 6.91. The fourth-order valence-corrected chi connectivity index (χ4v) is 6.79. The summed E-state index contributed by atoms with van der Waals surface area (Å²) in [5.74, 6) is -0.329. The molecular weight excluding hydrogens is 308 g/mol. The molecule has 0 saturated heterocycles. The summed E-state index contributed by atoms with van der Waals surface area (Å²) in [6.45, 7) is 8.80. The Morgan fingerprint density at radius 1 is 1.13 bits per heavy atom. The molecule has 130 valence electrons. The van der Waals surface area contributed by atoms with Crippen LogP contribution in [0.5, 0.6) is 0 Å².